The number of carbonyl (C=O) groups is 3. The van der Waals surface area contributed by atoms with Crippen LogP contribution in [0.5, 0.6) is 0 Å². The van der Waals surface area contributed by atoms with Gasteiger partial charge in [0.1, 0.15) is 6.04 Å². The fraction of sp³-hybridized carbons (Fsp3) is 0.471. The molecule has 0 bridgehead atoms. The molecule has 1 unspecified atom stereocenters. The van der Waals surface area contributed by atoms with Gasteiger partial charge < -0.3 is 4.90 Å². The van der Waals surface area contributed by atoms with E-state index in [1.165, 1.54) is 5.56 Å². The zero-order chi connectivity index (χ0) is 16.0. The normalized spacial score (nSPS) is 21.4. The summed E-state index contributed by atoms with van der Waals surface area (Å²) in [6.07, 6.45) is 0.688. The van der Waals surface area contributed by atoms with Crippen molar-refractivity contribution in [3.63, 3.8) is 0 Å². The molecular weight excluding hydrogens is 280 g/mol. The fourth-order valence-electron chi connectivity index (χ4n) is 3.28. The number of carbonyl (C=O) groups excluding carboxylic acids is 3. The number of amides is 3. The summed E-state index contributed by atoms with van der Waals surface area (Å²) in [6, 6.07) is 3.58. The van der Waals surface area contributed by atoms with Crippen molar-refractivity contribution in [1.82, 2.24) is 10.2 Å². The molecule has 2 aliphatic rings. The van der Waals surface area contributed by atoms with E-state index in [0.717, 1.165) is 11.1 Å². The van der Waals surface area contributed by atoms with E-state index in [9.17, 15) is 14.4 Å². The van der Waals surface area contributed by atoms with E-state index in [1.807, 2.05) is 6.92 Å². The van der Waals surface area contributed by atoms with Crippen molar-refractivity contribution in [3.8, 4) is 0 Å². The van der Waals surface area contributed by atoms with Gasteiger partial charge in [0.15, 0.2) is 0 Å². The highest BCUT2D eigenvalue weighted by Gasteiger charge is 2.39. The Kier molecular flexibility index (Phi) is 3.51. The lowest BCUT2D eigenvalue weighted by Gasteiger charge is -2.29. The number of nitrogens with zero attached hydrogens (tertiary/aromatic N) is 1. The molecule has 1 fully saturated rings. The van der Waals surface area contributed by atoms with Gasteiger partial charge in [0, 0.05) is 18.5 Å². The molecule has 2 heterocycles. The fourth-order valence-corrected chi connectivity index (χ4v) is 3.28. The number of aryl methyl sites for hydroxylation is 1. The quantitative estimate of drug-likeness (QED) is 0.848. The second-order valence-electron chi connectivity index (χ2n) is 6.43. The lowest BCUT2D eigenvalue weighted by molar-refractivity contribution is -0.136. The minimum absolute atomic E-state index is 0.0997. The van der Waals surface area contributed by atoms with Gasteiger partial charge in [-0.15, -0.1) is 0 Å². The highest BCUT2D eigenvalue weighted by molar-refractivity contribution is 6.06. The molecule has 0 spiro atoms. The largest absolute Gasteiger partial charge is 0.322 e. The predicted molar refractivity (Wildman–Crippen MR) is 81.3 cm³/mol. The molecule has 5 heteroatoms. The van der Waals surface area contributed by atoms with Crippen molar-refractivity contribution in [2.45, 2.75) is 52.1 Å². The molecule has 1 atom stereocenters. The topological polar surface area (TPSA) is 66.5 Å². The molecular formula is C17H20N2O3. The van der Waals surface area contributed by atoms with Crippen molar-refractivity contribution in [1.29, 1.82) is 0 Å². The first-order valence-electron chi connectivity index (χ1n) is 7.66. The Labute approximate surface area is 129 Å². The molecule has 1 saturated heterocycles. The molecule has 0 aliphatic carbocycles. The average molecular weight is 300 g/mol. The van der Waals surface area contributed by atoms with Gasteiger partial charge in [-0.25, -0.2) is 0 Å². The van der Waals surface area contributed by atoms with Crippen molar-refractivity contribution >= 4 is 17.7 Å². The highest BCUT2D eigenvalue weighted by Crippen LogP contribution is 2.32. The lowest BCUT2D eigenvalue weighted by Crippen LogP contribution is -2.52. The number of benzene rings is 1. The van der Waals surface area contributed by atoms with E-state index in [1.54, 1.807) is 4.90 Å². The maximum Gasteiger partial charge on any atom is 0.255 e. The molecule has 1 N–H and O–H groups in total. The number of nitrogens with one attached hydrogen (secondary N) is 1. The summed E-state index contributed by atoms with van der Waals surface area (Å²) >= 11 is 0. The van der Waals surface area contributed by atoms with Crippen LogP contribution in [0, 0.1) is 6.92 Å². The lowest BCUT2D eigenvalue weighted by atomic mass is 9.95. The van der Waals surface area contributed by atoms with E-state index in [0.29, 0.717) is 24.4 Å². The molecule has 3 amide bonds. The average Bonchev–Trinajstić information content (AvgIpc) is 2.76. The van der Waals surface area contributed by atoms with Gasteiger partial charge in [-0.05, 0) is 36.0 Å². The van der Waals surface area contributed by atoms with Gasteiger partial charge in [-0.3, -0.25) is 19.7 Å². The first-order chi connectivity index (χ1) is 10.4. The second-order valence-corrected chi connectivity index (χ2v) is 6.43. The number of fused-ring (bicyclic) bond motifs is 1. The number of hydrogen-bond donors (Lipinski definition) is 1. The van der Waals surface area contributed by atoms with E-state index >= 15 is 0 Å². The minimum Gasteiger partial charge on any atom is -0.322 e. The Balaban J connectivity index is 1.92. The Morgan fingerprint density at radius 3 is 2.59 bits per heavy atom. The monoisotopic (exact) mass is 300 g/mol. The van der Waals surface area contributed by atoms with E-state index in [-0.39, 0.29) is 24.1 Å². The summed E-state index contributed by atoms with van der Waals surface area (Å²) in [5.41, 5.74) is 3.86. The SMILES string of the molecule is Cc1cc(C(C)C)cc2c1C(=O)N(C1CCC(=O)NC1=O)C2. The number of hydrogen-bond acceptors (Lipinski definition) is 3. The first kappa shape index (κ1) is 14.8. The Morgan fingerprint density at radius 2 is 1.95 bits per heavy atom. The molecule has 0 saturated carbocycles. The van der Waals surface area contributed by atoms with Crippen molar-refractivity contribution in [2.75, 3.05) is 0 Å². The van der Waals surface area contributed by atoms with Gasteiger partial charge in [0.25, 0.3) is 5.91 Å². The summed E-state index contributed by atoms with van der Waals surface area (Å²) in [5, 5.41) is 2.33. The third-order valence-corrected chi connectivity index (χ3v) is 4.51. The summed E-state index contributed by atoms with van der Waals surface area (Å²) in [4.78, 5) is 37.6. The van der Waals surface area contributed by atoms with Crippen LogP contribution in [0.1, 0.15) is 59.7 Å². The molecule has 3 rings (SSSR count). The summed E-state index contributed by atoms with van der Waals surface area (Å²) in [6.45, 7) is 6.63. The van der Waals surface area contributed by atoms with E-state index < -0.39 is 6.04 Å². The van der Waals surface area contributed by atoms with Crippen molar-refractivity contribution in [2.24, 2.45) is 0 Å². The smallest absolute Gasteiger partial charge is 0.255 e. The maximum absolute atomic E-state index is 12.7. The van der Waals surface area contributed by atoms with Crippen LogP contribution in [0.3, 0.4) is 0 Å². The molecule has 22 heavy (non-hydrogen) atoms. The van der Waals surface area contributed by atoms with E-state index in [2.05, 4.69) is 31.3 Å². The minimum atomic E-state index is -0.542. The Bertz CT molecular complexity index is 679. The molecule has 116 valence electrons. The van der Waals surface area contributed by atoms with Crippen LogP contribution in [0.4, 0.5) is 0 Å². The van der Waals surface area contributed by atoms with Crippen LogP contribution in [-0.4, -0.2) is 28.7 Å². The zero-order valence-corrected chi connectivity index (χ0v) is 13.1. The van der Waals surface area contributed by atoms with E-state index in [4.69, 9.17) is 0 Å². The van der Waals surface area contributed by atoms with Crippen LogP contribution in [0.2, 0.25) is 0 Å². The predicted octanol–water partition coefficient (Wildman–Crippen LogP) is 1.88. The van der Waals surface area contributed by atoms with Gasteiger partial charge in [0.2, 0.25) is 11.8 Å². The third kappa shape index (κ3) is 2.30. The summed E-state index contributed by atoms with van der Waals surface area (Å²) in [5.74, 6) is -0.330. The third-order valence-electron chi connectivity index (χ3n) is 4.51. The molecule has 1 aromatic rings. The Hall–Kier alpha value is -2.17. The summed E-state index contributed by atoms with van der Waals surface area (Å²) in [7, 11) is 0. The van der Waals surface area contributed by atoms with Gasteiger partial charge in [-0.2, -0.15) is 0 Å². The van der Waals surface area contributed by atoms with Gasteiger partial charge >= 0.3 is 0 Å². The zero-order valence-electron chi connectivity index (χ0n) is 13.1. The van der Waals surface area contributed by atoms with Gasteiger partial charge in [0.05, 0.1) is 0 Å². The number of rotatable bonds is 2. The van der Waals surface area contributed by atoms with Crippen LogP contribution in [0.15, 0.2) is 12.1 Å². The van der Waals surface area contributed by atoms with Gasteiger partial charge in [-0.1, -0.05) is 26.0 Å². The number of imide groups is 1. The van der Waals surface area contributed by atoms with Crippen LogP contribution >= 0.6 is 0 Å². The molecule has 5 nitrogen and oxygen atoms in total. The van der Waals surface area contributed by atoms with Crippen LogP contribution in [0.25, 0.3) is 0 Å². The highest BCUT2D eigenvalue weighted by atomic mass is 16.2. The Morgan fingerprint density at radius 1 is 1.23 bits per heavy atom. The maximum atomic E-state index is 12.7. The number of piperidine rings is 1. The second kappa shape index (κ2) is 5.23. The summed E-state index contributed by atoms with van der Waals surface area (Å²) < 4.78 is 0. The molecule has 0 aromatic heterocycles. The van der Waals surface area contributed by atoms with Crippen molar-refractivity contribution < 1.29 is 14.4 Å². The molecule has 0 radical (unpaired) electrons. The molecule has 2 aliphatic heterocycles. The van der Waals surface area contributed by atoms with Crippen LogP contribution in [-0.2, 0) is 16.1 Å². The molecule has 1 aromatic carbocycles. The van der Waals surface area contributed by atoms with Crippen molar-refractivity contribution in [3.05, 3.63) is 34.4 Å². The standard InChI is InChI=1S/C17H20N2O3/c1-9(2)11-6-10(3)15-12(7-11)8-19(17(15)22)13-4-5-14(20)18-16(13)21/h6-7,9,13H,4-5,8H2,1-3H3,(H,18,20,21). The first-order valence-corrected chi connectivity index (χ1v) is 7.66. The van der Waals surface area contributed by atoms with Crippen LogP contribution < -0.4 is 5.32 Å².